The van der Waals surface area contributed by atoms with Crippen molar-refractivity contribution in [1.82, 2.24) is 9.97 Å². The van der Waals surface area contributed by atoms with Gasteiger partial charge in [0.2, 0.25) is 5.91 Å². The van der Waals surface area contributed by atoms with Gasteiger partial charge in [-0.2, -0.15) is 0 Å². The molecular formula is C23H20ClN5O3S. The van der Waals surface area contributed by atoms with Crippen molar-refractivity contribution in [3.05, 3.63) is 83.4 Å². The van der Waals surface area contributed by atoms with Gasteiger partial charge < -0.3 is 10.6 Å². The van der Waals surface area contributed by atoms with Crippen LogP contribution in [0.15, 0.2) is 77.7 Å². The molecule has 1 aromatic heterocycles. The zero-order valence-corrected chi connectivity index (χ0v) is 19.1. The van der Waals surface area contributed by atoms with E-state index in [9.17, 15) is 13.2 Å². The van der Waals surface area contributed by atoms with Crippen molar-refractivity contribution in [2.75, 3.05) is 15.4 Å². The summed E-state index contributed by atoms with van der Waals surface area (Å²) >= 11 is 6.24. The van der Waals surface area contributed by atoms with Gasteiger partial charge in [0.1, 0.15) is 0 Å². The average molecular weight is 482 g/mol. The fourth-order valence-corrected chi connectivity index (χ4v) is 4.33. The van der Waals surface area contributed by atoms with Gasteiger partial charge in [0.15, 0.2) is 11.6 Å². The van der Waals surface area contributed by atoms with Crippen molar-refractivity contribution in [1.29, 1.82) is 0 Å². The second-order valence-corrected chi connectivity index (χ2v) is 9.26. The Kier molecular flexibility index (Phi) is 6.43. The summed E-state index contributed by atoms with van der Waals surface area (Å²) in [5.74, 6) is 0.0863. The number of sulfonamides is 1. The van der Waals surface area contributed by atoms with Crippen LogP contribution in [-0.2, 0) is 21.4 Å². The fraction of sp³-hybridized carbons (Fsp3) is 0.0870. The molecule has 0 aliphatic rings. The highest BCUT2D eigenvalue weighted by atomic mass is 35.5. The number of aromatic nitrogens is 2. The van der Waals surface area contributed by atoms with Gasteiger partial charge in [-0.05, 0) is 48.0 Å². The lowest BCUT2D eigenvalue weighted by Crippen LogP contribution is -2.17. The lowest BCUT2D eigenvalue weighted by molar-refractivity contribution is -0.114. The third-order valence-corrected chi connectivity index (χ3v) is 6.41. The van der Waals surface area contributed by atoms with Gasteiger partial charge in [0.25, 0.3) is 10.0 Å². The van der Waals surface area contributed by atoms with E-state index >= 15 is 0 Å². The first-order chi connectivity index (χ1) is 15.8. The Morgan fingerprint density at radius 2 is 1.48 bits per heavy atom. The van der Waals surface area contributed by atoms with Crippen molar-refractivity contribution in [3.63, 3.8) is 0 Å². The topological polar surface area (TPSA) is 113 Å². The molecule has 8 nitrogen and oxygen atoms in total. The van der Waals surface area contributed by atoms with E-state index < -0.39 is 10.0 Å². The number of anilines is 3. The SMILES string of the molecule is CC(=O)Nc1ccc(S(=O)(=O)Nc2nc3ccccc3nc2NCc2ccccc2Cl)cc1. The number of fused-ring (bicyclic) bond motifs is 1. The normalized spacial score (nSPS) is 11.2. The van der Waals surface area contributed by atoms with Crippen LogP contribution < -0.4 is 15.4 Å². The number of hydrogen-bond donors (Lipinski definition) is 3. The van der Waals surface area contributed by atoms with Crippen molar-refractivity contribution in [2.24, 2.45) is 0 Å². The van der Waals surface area contributed by atoms with Crippen LogP contribution >= 0.6 is 11.6 Å². The first kappa shape index (κ1) is 22.5. The molecule has 0 aliphatic heterocycles. The number of amides is 1. The van der Waals surface area contributed by atoms with Gasteiger partial charge in [-0.3, -0.25) is 9.52 Å². The summed E-state index contributed by atoms with van der Waals surface area (Å²) in [6, 6.07) is 20.3. The molecule has 33 heavy (non-hydrogen) atoms. The molecule has 1 amide bonds. The maximum absolute atomic E-state index is 13.0. The van der Waals surface area contributed by atoms with Gasteiger partial charge in [-0.1, -0.05) is 41.9 Å². The highest BCUT2D eigenvalue weighted by molar-refractivity contribution is 7.92. The molecule has 1 heterocycles. The molecule has 10 heteroatoms. The summed E-state index contributed by atoms with van der Waals surface area (Å²) in [7, 11) is -3.97. The van der Waals surface area contributed by atoms with Gasteiger partial charge in [0.05, 0.1) is 15.9 Å². The van der Waals surface area contributed by atoms with Crippen molar-refractivity contribution in [3.8, 4) is 0 Å². The molecule has 0 radical (unpaired) electrons. The number of para-hydroxylation sites is 2. The molecule has 0 saturated carbocycles. The predicted molar refractivity (Wildman–Crippen MR) is 130 cm³/mol. The Bertz CT molecular complexity index is 1430. The van der Waals surface area contributed by atoms with Crippen LogP contribution in [0, 0.1) is 0 Å². The maximum Gasteiger partial charge on any atom is 0.263 e. The quantitative estimate of drug-likeness (QED) is 0.354. The molecule has 0 unspecified atom stereocenters. The monoisotopic (exact) mass is 481 g/mol. The third kappa shape index (κ3) is 5.39. The smallest absolute Gasteiger partial charge is 0.263 e. The molecule has 168 valence electrons. The summed E-state index contributed by atoms with van der Waals surface area (Å²) in [6.45, 7) is 1.70. The highest BCUT2D eigenvalue weighted by Gasteiger charge is 2.19. The summed E-state index contributed by atoms with van der Waals surface area (Å²) in [6.07, 6.45) is 0. The molecule has 0 spiro atoms. The van der Waals surface area contributed by atoms with E-state index in [1.54, 1.807) is 24.3 Å². The lowest BCUT2D eigenvalue weighted by Gasteiger charge is -2.14. The number of halogens is 1. The first-order valence-electron chi connectivity index (χ1n) is 9.96. The minimum Gasteiger partial charge on any atom is -0.363 e. The average Bonchev–Trinajstić information content (AvgIpc) is 2.78. The molecule has 3 N–H and O–H groups in total. The lowest BCUT2D eigenvalue weighted by atomic mass is 10.2. The van der Waals surface area contributed by atoms with E-state index in [0.717, 1.165) is 5.56 Å². The Hall–Kier alpha value is -3.69. The number of rotatable bonds is 7. The molecule has 3 aromatic carbocycles. The van der Waals surface area contributed by atoms with Crippen molar-refractivity contribution < 1.29 is 13.2 Å². The zero-order chi connectivity index (χ0) is 23.4. The van der Waals surface area contributed by atoms with Gasteiger partial charge in [-0.15, -0.1) is 0 Å². The molecule has 0 saturated heterocycles. The van der Waals surface area contributed by atoms with E-state index in [1.807, 2.05) is 24.3 Å². The van der Waals surface area contributed by atoms with Crippen LogP contribution in [0.1, 0.15) is 12.5 Å². The van der Waals surface area contributed by atoms with Gasteiger partial charge in [-0.25, -0.2) is 18.4 Å². The Labute approximate surface area is 196 Å². The number of benzene rings is 3. The molecule has 4 aromatic rings. The standard InChI is InChI=1S/C23H20ClN5O3S/c1-15(30)26-17-10-12-18(13-11-17)33(31,32)29-23-22(25-14-16-6-2-3-7-19(16)24)27-20-8-4-5-9-21(20)28-23/h2-13H,14H2,1H3,(H,25,27)(H,26,30)(H,28,29). The van der Waals surface area contributed by atoms with Crippen molar-refractivity contribution in [2.45, 2.75) is 18.4 Å². The van der Waals surface area contributed by atoms with Crippen LogP contribution in [0.2, 0.25) is 5.02 Å². The highest BCUT2D eigenvalue weighted by Crippen LogP contribution is 2.26. The summed E-state index contributed by atoms with van der Waals surface area (Å²) in [4.78, 5) is 20.2. The summed E-state index contributed by atoms with van der Waals surface area (Å²) in [5.41, 5.74) is 2.48. The Morgan fingerprint density at radius 3 is 2.12 bits per heavy atom. The molecular weight excluding hydrogens is 462 g/mol. The summed E-state index contributed by atoms with van der Waals surface area (Å²) in [5, 5.41) is 6.32. The minimum atomic E-state index is -3.97. The number of carbonyl (C=O) groups is 1. The zero-order valence-electron chi connectivity index (χ0n) is 17.5. The van der Waals surface area contributed by atoms with E-state index in [0.29, 0.717) is 28.3 Å². The first-order valence-corrected chi connectivity index (χ1v) is 11.8. The van der Waals surface area contributed by atoms with E-state index in [2.05, 4.69) is 25.3 Å². The molecule has 0 fully saturated rings. The molecule has 4 rings (SSSR count). The Morgan fingerprint density at radius 1 is 0.879 bits per heavy atom. The summed E-state index contributed by atoms with van der Waals surface area (Å²) < 4.78 is 28.6. The van der Waals surface area contributed by atoms with Crippen LogP contribution in [0.4, 0.5) is 17.3 Å². The van der Waals surface area contributed by atoms with E-state index in [-0.39, 0.29) is 22.4 Å². The van der Waals surface area contributed by atoms with Crippen LogP contribution in [0.5, 0.6) is 0 Å². The van der Waals surface area contributed by atoms with E-state index in [4.69, 9.17) is 11.6 Å². The van der Waals surface area contributed by atoms with E-state index in [1.165, 1.54) is 31.2 Å². The Balaban J connectivity index is 1.66. The number of nitrogens with zero attached hydrogens (tertiary/aromatic N) is 2. The van der Waals surface area contributed by atoms with Crippen LogP contribution in [0.3, 0.4) is 0 Å². The number of nitrogens with one attached hydrogen (secondary N) is 3. The van der Waals surface area contributed by atoms with Crippen LogP contribution in [-0.4, -0.2) is 24.3 Å². The molecule has 0 bridgehead atoms. The maximum atomic E-state index is 13.0. The van der Waals surface area contributed by atoms with Crippen molar-refractivity contribution >= 4 is 55.9 Å². The van der Waals surface area contributed by atoms with Gasteiger partial charge in [0, 0.05) is 24.2 Å². The number of carbonyl (C=O) groups excluding carboxylic acids is 1. The predicted octanol–water partition coefficient (Wildman–Crippen LogP) is 4.65. The largest absolute Gasteiger partial charge is 0.363 e. The number of hydrogen-bond acceptors (Lipinski definition) is 6. The third-order valence-electron chi connectivity index (χ3n) is 4.69. The van der Waals surface area contributed by atoms with Crippen LogP contribution in [0.25, 0.3) is 11.0 Å². The molecule has 0 atom stereocenters. The van der Waals surface area contributed by atoms with Gasteiger partial charge >= 0.3 is 0 Å². The second kappa shape index (κ2) is 9.43. The molecule has 0 aliphatic carbocycles. The second-order valence-electron chi connectivity index (χ2n) is 7.17. The minimum absolute atomic E-state index is 0.0172. The fourth-order valence-electron chi connectivity index (χ4n) is 3.12.